The molecule has 124 valence electrons. The van der Waals surface area contributed by atoms with Crippen LogP contribution in [0, 0.1) is 13.8 Å². The Morgan fingerprint density at radius 2 is 1.96 bits per heavy atom. The second-order valence-electron chi connectivity index (χ2n) is 6.37. The summed E-state index contributed by atoms with van der Waals surface area (Å²) in [5, 5.41) is 3.20. The van der Waals surface area contributed by atoms with Crippen molar-refractivity contribution in [1.29, 1.82) is 0 Å². The van der Waals surface area contributed by atoms with E-state index in [9.17, 15) is 4.79 Å². The predicted molar refractivity (Wildman–Crippen MR) is 97.4 cm³/mol. The summed E-state index contributed by atoms with van der Waals surface area (Å²) in [7, 11) is 0. The summed E-state index contributed by atoms with van der Waals surface area (Å²) in [5.74, 6) is 0.376. The summed E-state index contributed by atoms with van der Waals surface area (Å²) in [4.78, 5) is 21.4. The van der Waals surface area contributed by atoms with Crippen LogP contribution in [0.25, 0.3) is 11.0 Å². The van der Waals surface area contributed by atoms with E-state index in [1.807, 2.05) is 19.9 Å². The lowest BCUT2D eigenvalue weighted by Gasteiger charge is -2.15. The van der Waals surface area contributed by atoms with Crippen LogP contribution in [-0.4, -0.2) is 14.5 Å². The van der Waals surface area contributed by atoms with Crippen molar-refractivity contribution in [1.82, 2.24) is 14.5 Å². The summed E-state index contributed by atoms with van der Waals surface area (Å²) in [5.41, 5.74) is 5.04. The highest BCUT2D eigenvalue weighted by atomic mass is 16.1. The summed E-state index contributed by atoms with van der Waals surface area (Å²) in [6.45, 7) is 8.72. The molecule has 1 N–H and O–H groups in total. The Bertz CT molecular complexity index is 944. The van der Waals surface area contributed by atoms with Gasteiger partial charge >= 0.3 is 0 Å². The summed E-state index contributed by atoms with van der Waals surface area (Å²) < 4.78 is 1.73. The number of aryl methyl sites for hydroxylation is 2. The van der Waals surface area contributed by atoms with Gasteiger partial charge in [0.1, 0.15) is 0 Å². The first kappa shape index (κ1) is 16.2. The van der Waals surface area contributed by atoms with Gasteiger partial charge in [-0.25, -0.2) is 4.98 Å². The average molecular weight is 322 g/mol. The summed E-state index contributed by atoms with van der Waals surface area (Å²) >= 11 is 0. The number of rotatable bonds is 4. The average Bonchev–Trinajstić information content (AvgIpc) is 2.55. The fourth-order valence-corrected chi connectivity index (χ4v) is 2.78. The zero-order chi connectivity index (χ0) is 17.3. The molecule has 2 heterocycles. The lowest BCUT2D eigenvalue weighted by atomic mass is 10.1. The van der Waals surface area contributed by atoms with Crippen LogP contribution in [0.1, 0.15) is 36.6 Å². The van der Waals surface area contributed by atoms with E-state index < -0.39 is 0 Å². The minimum atomic E-state index is -0.116. The number of nitrogens with one attached hydrogen (secondary N) is 1. The van der Waals surface area contributed by atoms with Crippen molar-refractivity contribution in [3.05, 3.63) is 63.7 Å². The molecule has 0 aliphatic carbocycles. The molecular weight excluding hydrogens is 300 g/mol. The molecule has 0 fully saturated rings. The Morgan fingerprint density at radius 1 is 1.17 bits per heavy atom. The van der Waals surface area contributed by atoms with Gasteiger partial charge in [0.25, 0.3) is 5.56 Å². The number of anilines is 1. The van der Waals surface area contributed by atoms with Crippen molar-refractivity contribution in [3.63, 3.8) is 0 Å². The highest BCUT2D eigenvalue weighted by Gasteiger charge is 2.13. The van der Waals surface area contributed by atoms with Crippen LogP contribution in [-0.2, 0) is 6.54 Å². The van der Waals surface area contributed by atoms with E-state index in [1.165, 1.54) is 11.1 Å². The van der Waals surface area contributed by atoms with Gasteiger partial charge in [-0.3, -0.25) is 14.3 Å². The van der Waals surface area contributed by atoms with Gasteiger partial charge in [-0.15, -0.1) is 0 Å². The molecule has 0 spiro atoms. The zero-order valence-corrected chi connectivity index (χ0v) is 14.5. The van der Waals surface area contributed by atoms with Crippen LogP contribution >= 0.6 is 0 Å². The van der Waals surface area contributed by atoms with E-state index >= 15 is 0 Å². The van der Waals surface area contributed by atoms with Gasteiger partial charge < -0.3 is 5.32 Å². The minimum absolute atomic E-state index is 0.0365. The topological polar surface area (TPSA) is 59.8 Å². The van der Waals surface area contributed by atoms with Gasteiger partial charge in [0.05, 0.1) is 17.2 Å². The van der Waals surface area contributed by atoms with E-state index in [0.717, 1.165) is 16.6 Å². The Labute approximate surface area is 141 Å². The number of fused-ring (bicyclic) bond motifs is 1. The van der Waals surface area contributed by atoms with E-state index in [0.29, 0.717) is 12.4 Å². The molecule has 5 nitrogen and oxygen atoms in total. The van der Waals surface area contributed by atoms with Gasteiger partial charge in [-0.1, -0.05) is 18.2 Å². The number of nitrogens with zero attached hydrogens (tertiary/aromatic N) is 3. The highest BCUT2D eigenvalue weighted by Crippen LogP contribution is 2.16. The molecule has 0 atom stereocenters. The molecule has 5 heteroatoms. The molecule has 0 aliphatic rings. The molecule has 0 saturated carbocycles. The third kappa shape index (κ3) is 3.02. The highest BCUT2D eigenvalue weighted by molar-refractivity contribution is 5.75. The van der Waals surface area contributed by atoms with E-state index in [4.69, 9.17) is 0 Å². The number of benzene rings is 1. The fraction of sp³-hybridized carbons (Fsp3) is 0.316. The largest absolute Gasteiger partial charge is 0.361 e. The van der Waals surface area contributed by atoms with Crippen molar-refractivity contribution >= 4 is 16.9 Å². The molecule has 0 radical (unpaired) electrons. The van der Waals surface area contributed by atoms with Crippen molar-refractivity contribution < 1.29 is 0 Å². The second-order valence-corrected chi connectivity index (χ2v) is 6.37. The van der Waals surface area contributed by atoms with E-state index in [2.05, 4.69) is 47.3 Å². The molecule has 1 aromatic carbocycles. The Kier molecular flexibility index (Phi) is 4.34. The summed E-state index contributed by atoms with van der Waals surface area (Å²) in [6.07, 6.45) is 3.38. The predicted octanol–water partition coefficient (Wildman–Crippen LogP) is 3.60. The fourth-order valence-electron chi connectivity index (χ4n) is 2.78. The first-order chi connectivity index (χ1) is 11.5. The minimum Gasteiger partial charge on any atom is -0.361 e. The second kappa shape index (κ2) is 6.43. The van der Waals surface area contributed by atoms with Crippen LogP contribution in [0.3, 0.4) is 0 Å². The number of aromatic nitrogens is 3. The zero-order valence-electron chi connectivity index (χ0n) is 14.5. The molecule has 0 aliphatic heterocycles. The standard InChI is InChI=1S/C19H22N4O/c1-12(2)23-17-11-20-8-7-16(17)22-18(19(23)24)21-10-15-6-5-13(3)14(4)9-15/h5-9,11-12H,10H2,1-4H3,(H,21,22). The third-order valence-electron chi connectivity index (χ3n) is 4.24. The summed E-state index contributed by atoms with van der Waals surface area (Å²) in [6, 6.07) is 8.16. The molecule has 3 rings (SSSR count). The van der Waals surface area contributed by atoms with Crippen LogP contribution in [0.2, 0.25) is 0 Å². The Morgan fingerprint density at radius 3 is 2.67 bits per heavy atom. The quantitative estimate of drug-likeness (QED) is 0.797. The maximum absolute atomic E-state index is 12.8. The number of hydrogen-bond donors (Lipinski definition) is 1. The SMILES string of the molecule is Cc1ccc(CNc2nc3ccncc3n(C(C)C)c2=O)cc1C. The molecule has 2 aromatic heterocycles. The van der Waals surface area contributed by atoms with Gasteiger partial charge in [0, 0.05) is 18.8 Å². The first-order valence-corrected chi connectivity index (χ1v) is 8.13. The van der Waals surface area contributed by atoms with Crippen LogP contribution < -0.4 is 10.9 Å². The van der Waals surface area contributed by atoms with Crippen LogP contribution in [0.15, 0.2) is 41.5 Å². The van der Waals surface area contributed by atoms with Crippen molar-refractivity contribution in [2.45, 2.75) is 40.3 Å². The lowest BCUT2D eigenvalue weighted by Crippen LogP contribution is -2.27. The van der Waals surface area contributed by atoms with Gasteiger partial charge in [-0.05, 0) is 50.5 Å². The first-order valence-electron chi connectivity index (χ1n) is 8.13. The molecular formula is C19H22N4O. The molecule has 0 amide bonds. The number of hydrogen-bond acceptors (Lipinski definition) is 4. The monoisotopic (exact) mass is 322 g/mol. The smallest absolute Gasteiger partial charge is 0.294 e. The molecule has 3 aromatic rings. The Balaban J connectivity index is 1.98. The van der Waals surface area contributed by atoms with Gasteiger partial charge in [-0.2, -0.15) is 0 Å². The maximum Gasteiger partial charge on any atom is 0.294 e. The third-order valence-corrected chi connectivity index (χ3v) is 4.24. The maximum atomic E-state index is 12.8. The lowest BCUT2D eigenvalue weighted by molar-refractivity contribution is 0.598. The van der Waals surface area contributed by atoms with Crippen molar-refractivity contribution in [2.24, 2.45) is 0 Å². The van der Waals surface area contributed by atoms with Crippen LogP contribution in [0.5, 0.6) is 0 Å². The molecule has 0 bridgehead atoms. The molecule has 0 saturated heterocycles. The normalized spacial score (nSPS) is 11.2. The van der Waals surface area contributed by atoms with Gasteiger partial charge in [0.2, 0.25) is 0 Å². The molecule has 24 heavy (non-hydrogen) atoms. The van der Waals surface area contributed by atoms with Crippen molar-refractivity contribution in [2.75, 3.05) is 5.32 Å². The van der Waals surface area contributed by atoms with E-state index in [1.54, 1.807) is 17.0 Å². The number of pyridine rings is 1. The van der Waals surface area contributed by atoms with Crippen LogP contribution in [0.4, 0.5) is 5.82 Å². The van der Waals surface area contributed by atoms with E-state index in [-0.39, 0.29) is 11.6 Å². The van der Waals surface area contributed by atoms with Gasteiger partial charge in [0.15, 0.2) is 5.82 Å². The van der Waals surface area contributed by atoms with Crippen molar-refractivity contribution in [3.8, 4) is 0 Å². The molecule has 0 unspecified atom stereocenters. The Hall–Kier alpha value is -2.69.